The zero-order valence-corrected chi connectivity index (χ0v) is 12.3. The molecule has 108 valence electrons. The minimum absolute atomic E-state index is 0.177. The molecule has 0 fully saturated rings. The molecule has 0 saturated carbocycles. The van der Waals surface area contributed by atoms with Crippen LogP contribution in [-0.4, -0.2) is 0 Å². The molecule has 0 atom stereocenters. The van der Waals surface area contributed by atoms with Gasteiger partial charge in [0.2, 0.25) is 0 Å². The van der Waals surface area contributed by atoms with Crippen molar-refractivity contribution in [2.45, 2.75) is 39.5 Å². The summed E-state index contributed by atoms with van der Waals surface area (Å²) in [7, 11) is 0. The Morgan fingerprint density at radius 3 is 1.90 bits per heavy atom. The summed E-state index contributed by atoms with van der Waals surface area (Å²) < 4.78 is 27.4. The van der Waals surface area contributed by atoms with Gasteiger partial charge in [-0.2, -0.15) is 0 Å². The maximum Gasteiger partial charge on any atom is 0.161 e. The predicted octanol–water partition coefficient (Wildman–Crippen LogP) is 5.85. The van der Waals surface area contributed by atoms with Crippen molar-refractivity contribution < 1.29 is 8.78 Å². The van der Waals surface area contributed by atoms with Crippen LogP contribution in [0.25, 0.3) is 0 Å². The van der Waals surface area contributed by atoms with E-state index in [4.69, 9.17) is 0 Å². The lowest BCUT2D eigenvalue weighted by Crippen LogP contribution is -1.93. The van der Waals surface area contributed by atoms with Crippen molar-refractivity contribution in [2.24, 2.45) is 0 Å². The van der Waals surface area contributed by atoms with E-state index < -0.39 is 11.7 Å². The summed E-state index contributed by atoms with van der Waals surface area (Å²) >= 11 is 0. The Morgan fingerprint density at radius 2 is 1.40 bits per heavy atom. The molecule has 0 unspecified atom stereocenters. The van der Waals surface area contributed by atoms with Crippen LogP contribution in [0.1, 0.15) is 37.8 Å². The summed E-state index contributed by atoms with van der Waals surface area (Å²) in [4.78, 5) is 0. The summed E-state index contributed by atoms with van der Waals surface area (Å²) in [5, 5.41) is 0. The van der Waals surface area contributed by atoms with Crippen LogP contribution in [0.3, 0.4) is 0 Å². The SMILES string of the molecule is C=C(CC)/C(F)=C(/F)C(=C)CCc1ccc(CC)cc1. The van der Waals surface area contributed by atoms with E-state index in [2.05, 4.69) is 32.2 Å². The van der Waals surface area contributed by atoms with Crippen LogP contribution in [0, 0.1) is 0 Å². The lowest BCUT2D eigenvalue weighted by Gasteiger charge is -2.07. The zero-order valence-electron chi connectivity index (χ0n) is 12.3. The van der Waals surface area contributed by atoms with Crippen molar-refractivity contribution in [3.05, 3.63) is 71.4 Å². The van der Waals surface area contributed by atoms with Crippen LogP contribution < -0.4 is 0 Å². The van der Waals surface area contributed by atoms with Gasteiger partial charge in [-0.3, -0.25) is 0 Å². The summed E-state index contributed by atoms with van der Waals surface area (Å²) in [5.41, 5.74) is 2.74. The molecule has 0 aliphatic rings. The fourth-order valence-corrected chi connectivity index (χ4v) is 1.81. The van der Waals surface area contributed by atoms with E-state index in [1.165, 1.54) is 5.56 Å². The molecular formula is C18H22F2. The van der Waals surface area contributed by atoms with Gasteiger partial charge >= 0.3 is 0 Å². The number of allylic oxidation sites excluding steroid dienone is 4. The van der Waals surface area contributed by atoms with Crippen molar-refractivity contribution in [3.8, 4) is 0 Å². The molecule has 0 bridgehead atoms. The second-order valence-electron chi connectivity index (χ2n) is 4.86. The first-order valence-electron chi connectivity index (χ1n) is 6.98. The number of hydrogen-bond donors (Lipinski definition) is 0. The average Bonchev–Trinajstić information content (AvgIpc) is 2.50. The van der Waals surface area contributed by atoms with E-state index in [0.29, 0.717) is 19.3 Å². The molecule has 1 aromatic rings. The fraction of sp³-hybridized carbons (Fsp3) is 0.333. The van der Waals surface area contributed by atoms with E-state index >= 15 is 0 Å². The molecule has 0 saturated heterocycles. The van der Waals surface area contributed by atoms with E-state index in [-0.39, 0.29) is 11.1 Å². The maximum atomic E-state index is 13.8. The first-order valence-corrected chi connectivity index (χ1v) is 6.98. The third kappa shape index (κ3) is 4.44. The smallest absolute Gasteiger partial charge is 0.161 e. The van der Waals surface area contributed by atoms with E-state index in [1.54, 1.807) is 6.92 Å². The van der Waals surface area contributed by atoms with Crippen LogP contribution >= 0.6 is 0 Å². The highest BCUT2D eigenvalue weighted by atomic mass is 19.2. The van der Waals surface area contributed by atoms with E-state index in [9.17, 15) is 8.78 Å². The van der Waals surface area contributed by atoms with Gasteiger partial charge in [0.25, 0.3) is 0 Å². The lowest BCUT2D eigenvalue weighted by atomic mass is 10.0. The van der Waals surface area contributed by atoms with Gasteiger partial charge < -0.3 is 0 Å². The zero-order chi connectivity index (χ0) is 15.1. The van der Waals surface area contributed by atoms with Crippen molar-refractivity contribution in [1.29, 1.82) is 0 Å². The molecule has 0 nitrogen and oxygen atoms in total. The maximum absolute atomic E-state index is 13.8. The molecule has 0 radical (unpaired) electrons. The molecule has 0 spiro atoms. The van der Waals surface area contributed by atoms with Gasteiger partial charge in [0.15, 0.2) is 11.7 Å². The molecule has 0 amide bonds. The molecule has 1 aromatic carbocycles. The predicted molar refractivity (Wildman–Crippen MR) is 82.0 cm³/mol. The average molecular weight is 276 g/mol. The van der Waals surface area contributed by atoms with Gasteiger partial charge in [0.05, 0.1) is 0 Å². The van der Waals surface area contributed by atoms with E-state index in [0.717, 1.165) is 12.0 Å². The van der Waals surface area contributed by atoms with Gasteiger partial charge in [0.1, 0.15) is 0 Å². The Hall–Kier alpha value is -1.70. The molecule has 0 aliphatic carbocycles. The molecule has 0 heterocycles. The normalized spacial score (nSPS) is 12.0. The van der Waals surface area contributed by atoms with Crippen LogP contribution in [-0.2, 0) is 12.8 Å². The summed E-state index contributed by atoms with van der Waals surface area (Å²) in [6.07, 6.45) is 2.45. The summed E-state index contributed by atoms with van der Waals surface area (Å²) in [6, 6.07) is 8.16. The number of halogens is 2. The molecular weight excluding hydrogens is 254 g/mol. The van der Waals surface area contributed by atoms with E-state index in [1.807, 2.05) is 12.1 Å². The first-order chi connectivity index (χ1) is 9.49. The fourth-order valence-electron chi connectivity index (χ4n) is 1.81. The molecule has 0 aliphatic heterocycles. The molecule has 2 heteroatoms. The van der Waals surface area contributed by atoms with Crippen molar-refractivity contribution in [1.82, 2.24) is 0 Å². The van der Waals surface area contributed by atoms with Crippen LogP contribution in [0.2, 0.25) is 0 Å². The second-order valence-corrected chi connectivity index (χ2v) is 4.86. The van der Waals surface area contributed by atoms with Crippen LogP contribution in [0.5, 0.6) is 0 Å². The molecule has 0 aromatic heterocycles. The number of rotatable bonds is 7. The summed E-state index contributed by atoms with van der Waals surface area (Å²) in [6.45, 7) is 11.0. The van der Waals surface area contributed by atoms with Crippen LogP contribution in [0.4, 0.5) is 8.78 Å². The van der Waals surface area contributed by atoms with Crippen LogP contribution in [0.15, 0.2) is 60.2 Å². The number of aryl methyl sites for hydroxylation is 2. The molecule has 1 rings (SSSR count). The number of benzene rings is 1. The Labute approximate surface area is 120 Å². The molecule has 20 heavy (non-hydrogen) atoms. The van der Waals surface area contributed by atoms with Crippen molar-refractivity contribution in [3.63, 3.8) is 0 Å². The first kappa shape index (κ1) is 16.4. The highest BCUT2D eigenvalue weighted by Crippen LogP contribution is 2.26. The Morgan fingerprint density at radius 1 is 0.900 bits per heavy atom. The third-order valence-corrected chi connectivity index (χ3v) is 3.39. The minimum atomic E-state index is -0.862. The molecule has 0 N–H and O–H groups in total. The Bertz CT molecular complexity index is 507. The Kier molecular flexibility index (Phi) is 6.37. The van der Waals surface area contributed by atoms with Crippen molar-refractivity contribution >= 4 is 0 Å². The highest BCUT2D eigenvalue weighted by molar-refractivity contribution is 5.35. The topological polar surface area (TPSA) is 0 Å². The Balaban J connectivity index is 2.64. The minimum Gasteiger partial charge on any atom is -0.203 e. The quantitative estimate of drug-likeness (QED) is 0.547. The van der Waals surface area contributed by atoms with Gasteiger partial charge in [-0.25, -0.2) is 8.78 Å². The van der Waals surface area contributed by atoms with Gasteiger partial charge in [-0.1, -0.05) is 51.3 Å². The van der Waals surface area contributed by atoms with Gasteiger partial charge in [-0.15, -0.1) is 0 Å². The number of hydrogen-bond acceptors (Lipinski definition) is 0. The second kappa shape index (κ2) is 7.78. The van der Waals surface area contributed by atoms with Gasteiger partial charge in [-0.05, 0) is 48.0 Å². The van der Waals surface area contributed by atoms with Gasteiger partial charge in [0, 0.05) is 0 Å². The lowest BCUT2D eigenvalue weighted by molar-refractivity contribution is 0.546. The monoisotopic (exact) mass is 276 g/mol. The summed E-state index contributed by atoms with van der Waals surface area (Å²) in [5.74, 6) is -1.72. The third-order valence-electron chi connectivity index (χ3n) is 3.39. The van der Waals surface area contributed by atoms with Crippen molar-refractivity contribution in [2.75, 3.05) is 0 Å². The highest BCUT2D eigenvalue weighted by Gasteiger charge is 2.12. The largest absolute Gasteiger partial charge is 0.203 e. The standard InChI is InChI=1S/C18H22F2/c1-5-13(3)17(19)18(20)14(4)7-8-16-11-9-15(6-2)10-12-16/h9-12H,3-8H2,1-2H3/b18-17-.